The summed E-state index contributed by atoms with van der Waals surface area (Å²) in [6, 6.07) is 0. The van der Waals surface area contributed by atoms with Crippen LogP contribution in [-0.4, -0.2) is 57.6 Å². The van der Waals surface area contributed by atoms with Crippen LogP contribution in [0, 0.1) is 5.92 Å². The molecular weight excluding hydrogens is 224 g/mol. The molecule has 0 aliphatic carbocycles. The van der Waals surface area contributed by atoms with Gasteiger partial charge in [-0.2, -0.15) is 0 Å². The number of aliphatic hydroxyl groups excluding tert-OH is 4. The summed E-state index contributed by atoms with van der Waals surface area (Å²) in [5, 5.41) is 37.4. The van der Waals surface area contributed by atoms with E-state index in [1.807, 2.05) is 13.8 Å². The summed E-state index contributed by atoms with van der Waals surface area (Å²) in [5.74, 6) is 0.0150. The summed E-state index contributed by atoms with van der Waals surface area (Å²) in [6.07, 6.45) is -3.71. The standard InChI is InChI=1S/C9H18O5.C3H8/c1-4(2)9-8(13)7(12)6(11)5(3-10)14-9;1-3-2/h4-13H,3H2,1-2H3;3H2,1-2H3/t5-,6-,7+,8-,9+;/m1./s1. The van der Waals surface area contributed by atoms with Crippen LogP contribution in [0.4, 0.5) is 0 Å². The lowest BCUT2D eigenvalue weighted by atomic mass is 9.90. The molecule has 1 saturated heterocycles. The quantitative estimate of drug-likeness (QED) is 0.549. The van der Waals surface area contributed by atoms with Gasteiger partial charge in [-0.15, -0.1) is 0 Å². The molecule has 0 amide bonds. The third-order valence-corrected chi connectivity index (χ3v) is 2.59. The summed E-state index contributed by atoms with van der Waals surface area (Å²) in [4.78, 5) is 0. The van der Waals surface area contributed by atoms with Crippen molar-refractivity contribution < 1.29 is 25.2 Å². The summed E-state index contributed by atoms with van der Waals surface area (Å²) in [6.45, 7) is 7.56. The van der Waals surface area contributed by atoms with Crippen LogP contribution in [0.15, 0.2) is 0 Å². The van der Waals surface area contributed by atoms with Gasteiger partial charge in [0.05, 0.1) is 12.7 Å². The maximum Gasteiger partial charge on any atom is 0.111 e. The first-order valence-electron chi connectivity index (χ1n) is 6.21. The van der Waals surface area contributed by atoms with Crippen LogP contribution >= 0.6 is 0 Å². The molecule has 1 aliphatic rings. The highest BCUT2D eigenvalue weighted by Gasteiger charge is 2.44. The fourth-order valence-corrected chi connectivity index (χ4v) is 1.68. The van der Waals surface area contributed by atoms with Crippen molar-refractivity contribution in [3.05, 3.63) is 0 Å². The van der Waals surface area contributed by atoms with Crippen LogP contribution in [0.5, 0.6) is 0 Å². The Labute approximate surface area is 103 Å². The summed E-state index contributed by atoms with van der Waals surface area (Å²) >= 11 is 0. The molecule has 0 aromatic rings. The maximum absolute atomic E-state index is 9.57. The van der Waals surface area contributed by atoms with E-state index in [0.717, 1.165) is 0 Å². The van der Waals surface area contributed by atoms with Gasteiger partial charge in [0.1, 0.15) is 24.4 Å². The maximum atomic E-state index is 9.57. The second kappa shape index (κ2) is 8.00. The van der Waals surface area contributed by atoms with Crippen molar-refractivity contribution in [2.24, 2.45) is 5.92 Å². The Morgan fingerprint density at radius 3 is 1.82 bits per heavy atom. The van der Waals surface area contributed by atoms with E-state index in [4.69, 9.17) is 9.84 Å². The van der Waals surface area contributed by atoms with Crippen molar-refractivity contribution in [1.29, 1.82) is 0 Å². The van der Waals surface area contributed by atoms with Gasteiger partial charge in [0.15, 0.2) is 0 Å². The van der Waals surface area contributed by atoms with E-state index < -0.39 is 30.5 Å². The molecule has 0 aromatic carbocycles. The minimum atomic E-state index is -1.26. The monoisotopic (exact) mass is 250 g/mol. The Morgan fingerprint density at radius 2 is 1.47 bits per heavy atom. The topological polar surface area (TPSA) is 90.2 Å². The van der Waals surface area contributed by atoms with Gasteiger partial charge in [-0.1, -0.05) is 34.1 Å². The van der Waals surface area contributed by atoms with Gasteiger partial charge in [0, 0.05) is 0 Å². The summed E-state index contributed by atoms with van der Waals surface area (Å²) in [7, 11) is 0. The van der Waals surface area contributed by atoms with Crippen LogP contribution in [0.25, 0.3) is 0 Å². The SMILES string of the molecule is CC(C)[C@@H]1O[C@H](CO)[C@@H](O)[C@H](O)[C@H]1O.CCC. The largest absolute Gasteiger partial charge is 0.394 e. The fourth-order valence-electron chi connectivity index (χ4n) is 1.68. The molecule has 1 fully saturated rings. The zero-order chi connectivity index (χ0) is 13.6. The van der Waals surface area contributed by atoms with Crippen LogP contribution in [0.1, 0.15) is 34.1 Å². The second-order valence-corrected chi connectivity index (χ2v) is 4.74. The molecule has 104 valence electrons. The van der Waals surface area contributed by atoms with Gasteiger partial charge < -0.3 is 25.2 Å². The zero-order valence-electron chi connectivity index (χ0n) is 11.1. The van der Waals surface area contributed by atoms with Gasteiger partial charge in [-0.05, 0) is 5.92 Å². The lowest BCUT2D eigenvalue weighted by molar-refractivity contribution is -0.238. The van der Waals surface area contributed by atoms with Crippen molar-refractivity contribution in [1.82, 2.24) is 0 Å². The second-order valence-electron chi connectivity index (χ2n) is 4.74. The van der Waals surface area contributed by atoms with Gasteiger partial charge in [0.2, 0.25) is 0 Å². The molecule has 0 aromatic heterocycles. The van der Waals surface area contributed by atoms with Crippen LogP contribution in [-0.2, 0) is 4.74 Å². The molecule has 1 aliphatic heterocycles. The molecule has 0 unspecified atom stereocenters. The lowest BCUT2D eigenvalue weighted by Crippen LogP contribution is -2.59. The molecule has 0 bridgehead atoms. The average molecular weight is 250 g/mol. The molecule has 17 heavy (non-hydrogen) atoms. The van der Waals surface area contributed by atoms with Gasteiger partial charge in [-0.25, -0.2) is 0 Å². The fraction of sp³-hybridized carbons (Fsp3) is 1.00. The molecule has 1 heterocycles. The van der Waals surface area contributed by atoms with Crippen LogP contribution < -0.4 is 0 Å². The first kappa shape index (κ1) is 16.8. The highest BCUT2D eigenvalue weighted by atomic mass is 16.5. The average Bonchev–Trinajstić information content (AvgIpc) is 2.27. The highest BCUT2D eigenvalue weighted by Crippen LogP contribution is 2.25. The van der Waals surface area contributed by atoms with E-state index >= 15 is 0 Å². The Hall–Kier alpha value is -0.200. The van der Waals surface area contributed by atoms with Crippen LogP contribution in [0.3, 0.4) is 0 Å². The van der Waals surface area contributed by atoms with Gasteiger partial charge in [0.25, 0.3) is 0 Å². The minimum absolute atomic E-state index is 0.0150. The highest BCUT2D eigenvalue weighted by molar-refractivity contribution is 4.92. The lowest BCUT2D eigenvalue weighted by Gasteiger charge is -2.41. The molecule has 4 N–H and O–H groups in total. The van der Waals surface area contributed by atoms with Crippen molar-refractivity contribution in [2.45, 2.75) is 64.6 Å². The molecule has 5 heteroatoms. The third kappa shape index (κ3) is 4.52. The first-order valence-corrected chi connectivity index (χ1v) is 6.21. The van der Waals surface area contributed by atoms with Crippen molar-refractivity contribution in [3.8, 4) is 0 Å². The van der Waals surface area contributed by atoms with E-state index in [2.05, 4.69) is 13.8 Å². The Bertz CT molecular complexity index is 195. The molecule has 1 rings (SSSR count). The van der Waals surface area contributed by atoms with E-state index in [-0.39, 0.29) is 12.5 Å². The van der Waals surface area contributed by atoms with E-state index in [1.54, 1.807) is 0 Å². The summed E-state index contributed by atoms with van der Waals surface area (Å²) < 4.78 is 5.28. The molecular formula is C12H26O5. The predicted octanol–water partition coefficient (Wildman–Crippen LogP) is -0.0989. The number of rotatable bonds is 2. The smallest absolute Gasteiger partial charge is 0.111 e. The van der Waals surface area contributed by atoms with Gasteiger partial charge >= 0.3 is 0 Å². The van der Waals surface area contributed by atoms with E-state index in [1.165, 1.54) is 6.42 Å². The number of hydrogen-bond donors (Lipinski definition) is 4. The van der Waals surface area contributed by atoms with Crippen molar-refractivity contribution >= 4 is 0 Å². The summed E-state index contributed by atoms with van der Waals surface area (Å²) in [5.41, 5.74) is 0. The molecule has 5 atom stereocenters. The normalized spacial score (nSPS) is 37.6. The number of ether oxygens (including phenoxy) is 1. The molecule has 0 radical (unpaired) electrons. The Balaban J connectivity index is 0.000000770. The Morgan fingerprint density at radius 1 is 1.00 bits per heavy atom. The number of aliphatic hydroxyl groups is 4. The van der Waals surface area contributed by atoms with Crippen molar-refractivity contribution in [3.63, 3.8) is 0 Å². The minimum Gasteiger partial charge on any atom is -0.394 e. The van der Waals surface area contributed by atoms with Gasteiger partial charge in [-0.3, -0.25) is 0 Å². The Kier molecular flexibility index (Phi) is 7.91. The molecule has 5 nitrogen and oxygen atoms in total. The van der Waals surface area contributed by atoms with E-state index in [0.29, 0.717) is 0 Å². The third-order valence-electron chi connectivity index (χ3n) is 2.59. The molecule has 0 saturated carbocycles. The zero-order valence-corrected chi connectivity index (χ0v) is 11.1. The van der Waals surface area contributed by atoms with E-state index in [9.17, 15) is 15.3 Å². The first-order chi connectivity index (χ1) is 7.90. The van der Waals surface area contributed by atoms with Crippen LogP contribution in [0.2, 0.25) is 0 Å². The predicted molar refractivity (Wildman–Crippen MR) is 64.6 cm³/mol. The molecule has 0 spiro atoms. The van der Waals surface area contributed by atoms with Crippen molar-refractivity contribution in [2.75, 3.05) is 6.61 Å². The number of hydrogen-bond acceptors (Lipinski definition) is 5.